The molecule has 1 aromatic carbocycles. The number of hydrogen-bond donors (Lipinski definition) is 2. The Bertz CT molecular complexity index is 732. The molecular formula is C19H25N5. The number of aromatic nitrogens is 3. The molecule has 2 aromatic heterocycles. The SMILES string of the molecule is CNc1ncnc2[nH]ccc12.c1ccc(CN2CCCCC2)cc1. The number of fused-ring (bicyclic) bond motifs is 1. The molecule has 0 spiro atoms. The zero-order chi connectivity index (χ0) is 16.6. The molecule has 0 atom stereocenters. The lowest BCUT2D eigenvalue weighted by molar-refractivity contribution is 0.221. The Labute approximate surface area is 143 Å². The van der Waals surface area contributed by atoms with Gasteiger partial charge in [0.2, 0.25) is 0 Å². The van der Waals surface area contributed by atoms with Crippen molar-refractivity contribution in [3.8, 4) is 0 Å². The number of benzene rings is 1. The van der Waals surface area contributed by atoms with E-state index in [0.717, 1.165) is 23.4 Å². The maximum atomic E-state index is 4.06. The third kappa shape index (κ3) is 4.32. The van der Waals surface area contributed by atoms with Crippen LogP contribution in [0.1, 0.15) is 24.8 Å². The maximum Gasteiger partial charge on any atom is 0.142 e. The van der Waals surface area contributed by atoms with Gasteiger partial charge in [-0.1, -0.05) is 36.8 Å². The van der Waals surface area contributed by atoms with Gasteiger partial charge in [0.05, 0.1) is 5.39 Å². The van der Waals surface area contributed by atoms with E-state index in [2.05, 4.69) is 55.5 Å². The molecule has 5 heteroatoms. The van der Waals surface area contributed by atoms with Crippen molar-refractivity contribution in [1.82, 2.24) is 19.9 Å². The second kappa shape index (κ2) is 8.45. The van der Waals surface area contributed by atoms with Crippen LogP contribution in [-0.4, -0.2) is 40.0 Å². The first-order valence-corrected chi connectivity index (χ1v) is 8.59. The Morgan fingerprint density at radius 1 is 1.04 bits per heavy atom. The summed E-state index contributed by atoms with van der Waals surface area (Å²) in [7, 11) is 1.84. The number of nitrogens with zero attached hydrogens (tertiary/aromatic N) is 3. The van der Waals surface area contributed by atoms with Crippen LogP contribution in [-0.2, 0) is 6.54 Å². The van der Waals surface area contributed by atoms with Crippen LogP contribution >= 0.6 is 0 Å². The first kappa shape index (κ1) is 16.5. The zero-order valence-corrected chi connectivity index (χ0v) is 14.2. The average Bonchev–Trinajstić information content (AvgIpc) is 3.13. The Kier molecular flexibility index (Phi) is 5.80. The first-order valence-electron chi connectivity index (χ1n) is 8.59. The van der Waals surface area contributed by atoms with E-state index in [1.165, 1.54) is 44.2 Å². The maximum absolute atomic E-state index is 4.06. The van der Waals surface area contributed by atoms with E-state index in [0.29, 0.717) is 0 Å². The summed E-state index contributed by atoms with van der Waals surface area (Å²) in [5.41, 5.74) is 2.31. The Morgan fingerprint density at radius 3 is 2.58 bits per heavy atom. The average molecular weight is 323 g/mol. The van der Waals surface area contributed by atoms with Gasteiger partial charge in [-0.3, -0.25) is 4.90 Å². The third-order valence-corrected chi connectivity index (χ3v) is 4.29. The highest BCUT2D eigenvalue weighted by molar-refractivity contribution is 5.86. The molecular weight excluding hydrogens is 298 g/mol. The minimum absolute atomic E-state index is 0.858. The zero-order valence-electron chi connectivity index (χ0n) is 14.2. The highest BCUT2D eigenvalue weighted by atomic mass is 15.1. The second-order valence-electron chi connectivity index (χ2n) is 6.03. The molecule has 24 heavy (non-hydrogen) atoms. The lowest BCUT2D eigenvalue weighted by Crippen LogP contribution is -2.28. The molecule has 4 rings (SSSR count). The van der Waals surface area contributed by atoms with Crippen molar-refractivity contribution >= 4 is 16.9 Å². The standard InChI is InChI=1S/C12H17N.C7H8N4/c1-3-7-12(8-4-1)11-13-9-5-2-6-10-13;1-8-6-5-2-3-9-7(5)11-4-10-6/h1,3-4,7-8H,2,5-6,9-11H2;2-4H,1H3,(H2,8,9,10,11). The summed E-state index contributed by atoms with van der Waals surface area (Å²) in [6.07, 6.45) is 7.57. The largest absolute Gasteiger partial charge is 0.372 e. The van der Waals surface area contributed by atoms with Crippen LogP contribution in [0.15, 0.2) is 48.9 Å². The number of anilines is 1. The van der Waals surface area contributed by atoms with Crippen molar-refractivity contribution in [2.45, 2.75) is 25.8 Å². The number of H-pyrrole nitrogens is 1. The molecule has 0 bridgehead atoms. The van der Waals surface area contributed by atoms with Gasteiger partial charge in [0.1, 0.15) is 17.8 Å². The molecule has 0 aliphatic carbocycles. The fourth-order valence-corrected chi connectivity index (χ4v) is 3.03. The van der Waals surface area contributed by atoms with Crippen molar-refractivity contribution in [3.63, 3.8) is 0 Å². The summed E-state index contributed by atoms with van der Waals surface area (Å²) in [6, 6.07) is 12.7. The number of hydrogen-bond acceptors (Lipinski definition) is 4. The summed E-state index contributed by atoms with van der Waals surface area (Å²) in [5, 5.41) is 4.01. The molecule has 1 aliphatic heterocycles. The van der Waals surface area contributed by atoms with Crippen LogP contribution in [0.25, 0.3) is 11.0 Å². The minimum Gasteiger partial charge on any atom is -0.372 e. The topological polar surface area (TPSA) is 56.8 Å². The highest BCUT2D eigenvalue weighted by Gasteiger charge is 2.09. The molecule has 126 valence electrons. The number of piperidine rings is 1. The van der Waals surface area contributed by atoms with Crippen LogP contribution in [0.5, 0.6) is 0 Å². The van der Waals surface area contributed by atoms with Crippen molar-refractivity contribution in [1.29, 1.82) is 0 Å². The highest BCUT2D eigenvalue weighted by Crippen LogP contribution is 2.16. The van der Waals surface area contributed by atoms with Crippen LogP contribution in [0.3, 0.4) is 0 Å². The van der Waals surface area contributed by atoms with Crippen molar-refractivity contribution in [2.24, 2.45) is 0 Å². The van der Waals surface area contributed by atoms with Gasteiger partial charge in [-0.05, 0) is 37.6 Å². The van der Waals surface area contributed by atoms with Crippen LogP contribution in [0, 0.1) is 0 Å². The fourth-order valence-electron chi connectivity index (χ4n) is 3.03. The Morgan fingerprint density at radius 2 is 1.83 bits per heavy atom. The van der Waals surface area contributed by atoms with E-state index in [1.807, 2.05) is 19.3 Å². The Balaban J connectivity index is 0.000000143. The molecule has 2 N–H and O–H groups in total. The molecule has 0 radical (unpaired) electrons. The molecule has 1 saturated heterocycles. The predicted molar refractivity (Wildman–Crippen MR) is 99.0 cm³/mol. The van der Waals surface area contributed by atoms with Crippen LogP contribution in [0.2, 0.25) is 0 Å². The van der Waals surface area contributed by atoms with Gasteiger partial charge >= 0.3 is 0 Å². The van der Waals surface area contributed by atoms with Gasteiger partial charge in [0.15, 0.2) is 0 Å². The summed E-state index contributed by atoms with van der Waals surface area (Å²) in [6.45, 7) is 3.71. The summed E-state index contributed by atoms with van der Waals surface area (Å²) in [5.74, 6) is 0.858. The van der Waals surface area contributed by atoms with E-state index < -0.39 is 0 Å². The molecule has 5 nitrogen and oxygen atoms in total. The third-order valence-electron chi connectivity index (χ3n) is 4.29. The molecule has 3 aromatic rings. The number of likely N-dealkylation sites (tertiary alicyclic amines) is 1. The predicted octanol–water partition coefficient (Wildman–Crippen LogP) is 3.67. The van der Waals surface area contributed by atoms with Gasteiger partial charge in [0.25, 0.3) is 0 Å². The van der Waals surface area contributed by atoms with Gasteiger partial charge < -0.3 is 10.3 Å². The molecule has 0 unspecified atom stereocenters. The van der Waals surface area contributed by atoms with Gasteiger partial charge in [-0.25, -0.2) is 9.97 Å². The van der Waals surface area contributed by atoms with E-state index in [9.17, 15) is 0 Å². The minimum atomic E-state index is 0.858. The van der Waals surface area contributed by atoms with Crippen LogP contribution < -0.4 is 5.32 Å². The molecule has 1 aliphatic rings. The number of rotatable bonds is 3. The van der Waals surface area contributed by atoms with Gasteiger partial charge in [0, 0.05) is 19.8 Å². The van der Waals surface area contributed by atoms with Gasteiger partial charge in [-0.2, -0.15) is 0 Å². The Hall–Kier alpha value is -2.40. The van der Waals surface area contributed by atoms with Gasteiger partial charge in [-0.15, -0.1) is 0 Å². The van der Waals surface area contributed by atoms with Crippen LogP contribution in [0.4, 0.5) is 5.82 Å². The smallest absolute Gasteiger partial charge is 0.142 e. The van der Waals surface area contributed by atoms with E-state index in [1.54, 1.807) is 0 Å². The van der Waals surface area contributed by atoms with Crippen molar-refractivity contribution in [2.75, 3.05) is 25.5 Å². The second-order valence-corrected chi connectivity index (χ2v) is 6.03. The summed E-state index contributed by atoms with van der Waals surface area (Å²) < 4.78 is 0. The fraction of sp³-hybridized carbons (Fsp3) is 0.368. The van der Waals surface area contributed by atoms with Crippen molar-refractivity contribution in [3.05, 3.63) is 54.5 Å². The monoisotopic (exact) mass is 323 g/mol. The number of aromatic amines is 1. The normalized spacial score (nSPS) is 14.9. The quantitative estimate of drug-likeness (QED) is 0.772. The number of nitrogens with one attached hydrogen (secondary N) is 2. The molecule has 1 fully saturated rings. The summed E-state index contributed by atoms with van der Waals surface area (Å²) in [4.78, 5) is 13.7. The van der Waals surface area contributed by atoms with E-state index in [4.69, 9.17) is 0 Å². The lowest BCUT2D eigenvalue weighted by atomic mass is 10.1. The lowest BCUT2D eigenvalue weighted by Gasteiger charge is -2.26. The summed E-state index contributed by atoms with van der Waals surface area (Å²) >= 11 is 0. The first-order chi connectivity index (χ1) is 11.9. The van der Waals surface area contributed by atoms with E-state index in [-0.39, 0.29) is 0 Å². The van der Waals surface area contributed by atoms with Crippen molar-refractivity contribution < 1.29 is 0 Å². The molecule has 0 amide bonds. The molecule has 3 heterocycles. The van der Waals surface area contributed by atoms with E-state index >= 15 is 0 Å². The molecule has 0 saturated carbocycles.